The van der Waals surface area contributed by atoms with Crippen LogP contribution >= 0.6 is 0 Å². The van der Waals surface area contributed by atoms with E-state index in [0.29, 0.717) is 6.54 Å². The number of aliphatic hydroxyl groups excluding tert-OH is 1. The van der Waals surface area contributed by atoms with Crippen LogP contribution in [-0.2, 0) is 0 Å². The maximum atomic E-state index is 13.2. The van der Waals surface area contributed by atoms with Gasteiger partial charge < -0.3 is 20.1 Å². The van der Waals surface area contributed by atoms with Gasteiger partial charge in [-0.2, -0.15) is 0 Å². The van der Waals surface area contributed by atoms with Gasteiger partial charge in [0.2, 0.25) is 0 Å². The Bertz CT molecular complexity index is 1250. The van der Waals surface area contributed by atoms with Crippen molar-refractivity contribution in [3.05, 3.63) is 95.6 Å². The molecular weight excluding hydrogens is 462 g/mol. The van der Waals surface area contributed by atoms with E-state index in [1.165, 1.54) is 5.56 Å². The molecule has 0 aliphatic carbocycles. The predicted molar refractivity (Wildman–Crippen MR) is 146 cm³/mol. The van der Waals surface area contributed by atoms with Crippen LogP contribution in [0.5, 0.6) is 5.75 Å². The Morgan fingerprint density at radius 3 is 2.30 bits per heavy atom. The molecule has 2 aliphatic heterocycles. The summed E-state index contributed by atoms with van der Waals surface area (Å²) in [5.41, 5.74) is 3.88. The molecule has 2 aliphatic rings. The first kappa shape index (κ1) is 24.9. The number of carbonyl (C=O) groups excluding carboxylic acids is 1. The van der Waals surface area contributed by atoms with Crippen LogP contribution in [0.25, 0.3) is 0 Å². The minimum atomic E-state index is -0.0928. The number of hydrogen-bond donors (Lipinski definition) is 2. The molecule has 3 aromatic rings. The van der Waals surface area contributed by atoms with Crippen molar-refractivity contribution in [2.24, 2.45) is 0 Å². The molecule has 5 rings (SSSR count). The molecule has 6 heteroatoms. The van der Waals surface area contributed by atoms with Crippen molar-refractivity contribution in [2.45, 2.75) is 30.8 Å². The standard InChI is InChI=1S/C31H33N3O3/c1-37-27-17-15-26(16-18-27)32-31(36)33-19-5-6-20-34-28(21-33)30(29(34)22-35)25-13-11-24(12-14-25)10-9-23-7-3-2-4-8-23/h2-4,7-8,11-18,28-30,35H,5-6,19-22H2,1H3,(H,32,36)/t28-,29-,30+/m1/s1. The molecule has 2 fully saturated rings. The summed E-state index contributed by atoms with van der Waals surface area (Å²) in [6, 6.07) is 25.8. The molecule has 6 nitrogen and oxygen atoms in total. The monoisotopic (exact) mass is 495 g/mol. The number of nitrogens with one attached hydrogen (secondary N) is 1. The Balaban J connectivity index is 1.30. The first-order valence-corrected chi connectivity index (χ1v) is 12.9. The third kappa shape index (κ3) is 5.64. The Kier molecular flexibility index (Phi) is 7.74. The average Bonchev–Trinajstić information content (AvgIpc) is 2.92. The number of hydrogen-bond acceptors (Lipinski definition) is 4. The molecule has 0 unspecified atom stereocenters. The molecule has 0 radical (unpaired) electrons. The van der Waals surface area contributed by atoms with E-state index in [-0.39, 0.29) is 30.6 Å². The summed E-state index contributed by atoms with van der Waals surface area (Å²) in [5, 5.41) is 13.3. The van der Waals surface area contributed by atoms with E-state index in [9.17, 15) is 9.90 Å². The lowest BCUT2D eigenvalue weighted by molar-refractivity contribution is -0.0585. The van der Waals surface area contributed by atoms with Crippen molar-refractivity contribution in [3.63, 3.8) is 0 Å². The fraction of sp³-hybridized carbons (Fsp3) is 0.323. The molecule has 3 atom stereocenters. The summed E-state index contributed by atoms with van der Waals surface area (Å²) < 4.78 is 5.21. The quantitative estimate of drug-likeness (QED) is 0.521. The number of ether oxygens (including phenoxy) is 1. The highest BCUT2D eigenvalue weighted by Gasteiger charge is 2.49. The van der Waals surface area contributed by atoms with Gasteiger partial charge >= 0.3 is 6.03 Å². The lowest BCUT2D eigenvalue weighted by Gasteiger charge is -2.57. The summed E-state index contributed by atoms with van der Waals surface area (Å²) in [6.07, 6.45) is 1.94. The second-order valence-corrected chi connectivity index (χ2v) is 9.63. The van der Waals surface area contributed by atoms with Crippen molar-refractivity contribution >= 4 is 11.7 Å². The van der Waals surface area contributed by atoms with E-state index in [2.05, 4.69) is 46.3 Å². The first-order chi connectivity index (χ1) is 18.2. The van der Waals surface area contributed by atoms with Gasteiger partial charge in [0.15, 0.2) is 0 Å². The molecular formula is C31H33N3O3. The van der Waals surface area contributed by atoms with Crippen LogP contribution in [0.1, 0.15) is 35.4 Å². The molecule has 0 spiro atoms. The number of benzene rings is 3. The highest BCUT2D eigenvalue weighted by Crippen LogP contribution is 2.42. The molecule has 190 valence electrons. The number of amides is 2. The molecule has 2 N–H and O–H groups in total. The van der Waals surface area contributed by atoms with Gasteiger partial charge in [-0.05, 0) is 73.5 Å². The van der Waals surface area contributed by atoms with Gasteiger partial charge in [-0.1, -0.05) is 42.2 Å². The minimum absolute atomic E-state index is 0.0656. The van der Waals surface area contributed by atoms with Gasteiger partial charge in [0.1, 0.15) is 5.75 Å². The van der Waals surface area contributed by atoms with E-state index >= 15 is 0 Å². The SMILES string of the molecule is COc1ccc(NC(=O)N2CCCCN3[C@H](CO)[C@@H](c4ccc(C#Cc5ccccc5)cc4)[C@H]3C2)cc1. The zero-order valence-electron chi connectivity index (χ0n) is 21.1. The van der Waals surface area contributed by atoms with Crippen LogP contribution in [0, 0.1) is 11.8 Å². The fourth-order valence-corrected chi connectivity index (χ4v) is 5.46. The van der Waals surface area contributed by atoms with Crippen molar-refractivity contribution in [2.75, 3.05) is 38.7 Å². The van der Waals surface area contributed by atoms with Gasteiger partial charge in [-0.15, -0.1) is 0 Å². The van der Waals surface area contributed by atoms with Gasteiger partial charge in [-0.3, -0.25) is 4.90 Å². The summed E-state index contributed by atoms with van der Waals surface area (Å²) in [4.78, 5) is 17.5. The molecule has 2 amide bonds. The maximum Gasteiger partial charge on any atom is 0.321 e. The van der Waals surface area contributed by atoms with Gasteiger partial charge in [0, 0.05) is 47.9 Å². The minimum Gasteiger partial charge on any atom is -0.497 e. The molecule has 0 saturated carbocycles. The van der Waals surface area contributed by atoms with Crippen LogP contribution in [0.15, 0.2) is 78.9 Å². The van der Waals surface area contributed by atoms with Crippen LogP contribution < -0.4 is 10.1 Å². The van der Waals surface area contributed by atoms with E-state index in [1.807, 2.05) is 59.5 Å². The van der Waals surface area contributed by atoms with Crippen molar-refractivity contribution in [3.8, 4) is 17.6 Å². The Labute approximate surface area is 218 Å². The van der Waals surface area contributed by atoms with Gasteiger partial charge in [-0.25, -0.2) is 4.79 Å². The van der Waals surface area contributed by atoms with E-state index in [4.69, 9.17) is 4.74 Å². The molecule has 2 saturated heterocycles. The van der Waals surface area contributed by atoms with Crippen LogP contribution in [0.4, 0.5) is 10.5 Å². The zero-order chi connectivity index (χ0) is 25.6. The third-order valence-electron chi connectivity index (χ3n) is 7.42. The Morgan fingerprint density at radius 2 is 1.62 bits per heavy atom. The number of carbonyl (C=O) groups is 1. The van der Waals surface area contributed by atoms with E-state index in [0.717, 1.165) is 48.5 Å². The predicted octanol–water partition coefficient (Wildman–Crippen LogP) is 4.55. The molecule has 0 aromatic heterocycles. The number of methoxy groups -OCH3 is 1. The number of fused-ring (bicyclic) bond motifs is 1. The number of anilines is 1. The highest BCUT2D eigenvalue weighted by atomic mass is 16.5. The van der Waals surface area contributed by atoms with E-state index < -0.39 is 0 Å². The van der Waals surface area contributed by atoms with E-state index in [1.54, 1.807) is 7.11 Å². The van der Waals surface area contributed by atoms with Crippen LogP contribution in [0.3, 0.4) is 0 Å². The lowest BCUT2D eigenvalue weighted by Crippen LogP contribution is -2.68. The first-order valence-electron chi connectivity index (χ1n) is 12.9. The van der Waals surface area contributed by atoms with Crippen molar-refractivity contribution in [1.82, 2.24) is 9.80 Å². The molecule has 2 heterocycles. The summed E-state index contributed by atoms with van der Waals surface area (Å²) in [5.74, 6) is 7.36. The topological polar surface area (TPSA) is 65.0 Å². The molecule has 3 aromatic carbocycles. The third-order valence-corrected chi connectivity index (χ3v) is 7.42. The molecule has 0 bridgehead atoms. The Morgan fingerprint density at radius 1 is 0.946 bits per heavy atom. The zero-order valence-corrected chi connectivity index (χ0v) is 21.1. The number of aliphatic hydroxyl groups is 1. The lowest BCUT2D eigenvalue weighted by atomic mass is 9.74. The Hall–Kier alpha value is -3.79. The van der Waals surface area contributed by atoms with Crippen molar-refractivity contribution < 1.29 is 14.6 Å². The second kappa shape index (κ2) is 11.5. The van der Waals surface area contributed by atoms with Crippen LogP contribution in [0.2, 0.25) is 0 Å². The smallest absolute Gasteiger partial charge is 0.321 e. The normalized spacial score (nSPS) is 21.4. The van der Waals surface area contributed by atoms with Gasteiger partial charge in [0.05, 0.1) is 13.7 Å². The molecule has 37 heavy (non-hydrogen) atoms. The average molecular weight is 496 g/mol. The summed E-state index contributed by atoms with van der Waals surface area (Å²) in [6.45, 7) is 2.39. The number of nitrogens with zero attached hydrogens (tertiary/aromatic N) is 2. The van der Waals surface area contributed by atoms with Crippen molar-refractivity contribution in [1.29, 1.82) is 0 Å². The summed E-state index contributed by atoms with van der Waals surface area (Å²) >= 11 is 0. The summed E-state index contributed by atoms with van der Waals surface area (Å²) in [7, 11) is 1.62. The highest BCUT2D eigenvalue weighted by molar-refractivity contribution is 5.89. The largest absolute Gasteiger partial charge is 0.497 e. The second-order valence-electron chi connectivity index (χ2n) is 9.63. The number of rotatable bonds is 4. The number of urea groups is 1. The van der Waals surface area contributed by atoms with Crippen LogP contribution in [-0.4, -0.2) is 66.4 Å². The van der Waals surface area contributed by atoms with Gasteiger partial charge in [0.25, 0.3) is 0 Å². The maximum absolute atomic E-state index is 13.2. The fourth-order valence-electron chi connectivity index (χ4n) is 5.46.